The smallest absolute Gasteiger partial charge is 0.223 e. The van der Waals surface area contributed by atoms with Crippen molar-refractivity contribution < 1.29 is 9.53 Å². The second-order valence-electron chi connectivity index (χ2n) is 4.16. The number of hydrogen-bond donors (Lipinski definition) is 1. The molecular weight excluding hydrogens is 202 g/mol. The Morgan fingerprint density at radius 1 is 1.38 bits per heavy atom. The lowest BCUT2D eigenvalue weighted by atomic mass is 9.98. The molecule has 1 atom stereocenters. The van der Waals surface area contributed by atoms with Crippen LogP contribution in [0.5, 0.6) is 5.75 Å². The monoisotopic (exact) mass is 219 g/mol. The molecule has 1 fully saturated rings. The largest absolute Gasteiger partial charge is 0.497 e. The molecule has 1 amide bonds. The molecule has 1 aromatic carbocycles. The summed E-state index contributed by atoms with van der Waals surface area (Å²) in [5.41, 5.74) is 1.26. The van der Waals surface area contributed by atoms with E-state index in [4.69, 9.17) is 4.74 Å². The maximum atomic E-state index is 11.4. The molecule has 0 aromatic heterocycles. The Morgan fingerprint density at radius 2 is 2.12 bits per heavy atom. The first-order chi connectivity index (χ1) is 7.79. The molecule has 0 radical (unpaired) electrons. The van der Waals surface area contributed by atoms with Gasteiger partial charge in [-0.25, -0.2) is 0 Å². The predicted octanol–water partition coefficient (Wildman–Crippen LogP) is 1.76. The van der Waals surface area contributed by atoms with Gasteiger partial charge in [0.1, 0.15) is 5.75 Å². The molecule has 1 aromatic rings. The van der Waals surface area contributed by atoms with Crippen molar-refractivity contribution >= 4 is 5.91 Å². The minimum atomic E-state index is 0.210. The van der Waals surface area contributed by atoms with Gasteiger partial charge in [-0.2, -0.15) is 0 Å². The minimum Gasteiger partial charge on any atom is -0.497 e. The Bertz CT molecular complexity index is 359. The molecule has 1 aliphatic rings. The molecule has 1 heterocycles. The Balaban J connectivity index is 1.86. The summed E-state index contributed by atoms with van der Waals surface area (Å²) in [7, 11) is 1.66. The van der Waals surface area contributed by atoms with E-state index in [-0.39, 0.29) is 11.8 Å². The van der Waals surface area contributed by atoms with Gasteiger partial charge >= 0.3 is 0 Å². The van der Waals surface area contributed by atoms with Crippen molar-refractivity contribution in [3.8, 4) is 5.75 Å². The molecule has 16 heavy (non-hydrogen) atoms. The number of carbonyl (C=O) groups excluding carboxylic acids is 1. The molecule has 0 bridgehead atoms. The van der Waals surface area contributed by atoms with E-state index in [1.54, 1.807) is 7.11 Å². The topological polar surface area (TPSA) is 38.3 Å². The zero-order valence-corrected chi connectivity index (χ0v) is 9.53. The van der Waals surface area contributed by atoms with Gasteiger partial charge in [0.25, 0.3) is 0 Å². The van der Waals surface area contributed by atoms with Crippen LogP contribution in [0.3, 0.4) is 0 Å². The quantitative estimate of drug-likeness (QED) is 0.838. The predicted molar refractivity (Wildman–Crippen MR) is 62.4 cm³/mol. The number of ether oxygens (including phenoxy) is 1. The normalized spacial score (nSPS) is 19.6. The SMILES string of the molecule is COc1ccc(CCC2CCNC2=O)cc1. The lowest BCUT2D eigenvalue weighted by Crippen LogP contribution is -2.19. The highest BCUT2D eigenvalue weighted by atomic mass is 16.5. The summed E-state index contributed by atoms with van der Waals surface area (Å²) in [5.74, 6) is 1.30. The third kappa shape index (κ3) is 2.54. The van der Waals surface area contributed by atoms with E-state index in [1.807, 2.05) is 12.1 Å². The van der Waals surface area contributed by atoms with Gasteiger partial charge in [-0.15, -0.1) is 0 Å². The molecule has 0 saturated carbocycles. The zero-order chi connectivity index (χ0) is 11.4. The summed E-state index contributed by atoms with van der Waals surface area (Å²) < 4.78 is 5.10. The van der Waals surface area contributed by atoms with Crippen molar-refractivity contribution in [2.45, 2.75) is 19.3 Å². The average Bonchev–Trinajstić information content (AvgIpc) is 2.73. The van der Waals surface area contributed by atoms with Gasteiger partial charge in [0.05, 0.1) is 7.11 Å². The van der Waals surface area contributed by atoms with Gasteiger partial charge < -0.3 is 10.1 Å². The van der Waals surface area contributed by atoms with Crippen LogP contribution in [-0.4, -0.2) is 19.6 Å². The molecule has 1 aliphatic heterocycles. The molecule has 3 heteroatoms. The maximum Gasteiger partial charge on any atom is 0.223 e. The molecular formula is C13H17NO2. The lowest BCUT2D eigenvalue weighted by Gasteiger charge is -2.07. The number of aryl methyl sites for hydroxylation is 1. The summed E-state index contributed by atoms with van der Waals surface area (Å²) in [4.78, 5) is 11.4. The highest BCUT2D eigenvalue weighted by Gasteiger charge is 2.23. The number of nitrogens with one attached hydrogen (secondary N) is 1. The highest BCUT2D eigenvalue weighted by Crippen LogP contribution is 2.18. The highest BCUT2D eigenvalue weighted by molar-refractivity contribution is 5.80. The second-order valence-corrected chi connectivity index (χ2v) is 4.16. The zero-order valence-electron chi connectivity index (χ0n) is 9.53. The number of rotatable bonds is 4. The summed E-state index contributed by atoms with van der Waals surface area (Å²) >= 11 is 0. The molecule has 86 valence electrons. The van der Waals surface area contributed by atoms with Gasteiger partial charge in [0.15, 0.2) is 0 Å². The molecule has 0 spiro atoms. The van der Waals surface area contributed by atoms with Crippen molar-refractivity contribution in [2.75, 3.05) is 13.7 Å². The third-order valence-corrected chi connectivity index (χ3v) is 3.10. The van der Waals surface area contributed by atoms with Gasteiger partial charge in [-0.05, 0) is 37.0 Å². The maximum absolute atomic E-state index is 11.4. The Labute approximate surface area is 95.8 Å². The number of hydrogen-bond acceptors (Lipinski definition) is 2. The summed E-state index contributed by atoms with van der Waals surface area (Å²) in [5, 5.41) is 2.87. The molecule has 1 saturated heterocycles. The van der Waals surface area contributed by atoms with E-state index in [0.717, 1.165) is 31.6 Å². The fraction of sp³-hybridized carbons (Fsp3) is 0.462. The number of carbonyl (C=O) groups is 1. The Kier molecular flexibility index (Phi) is 3.44. The fourth-order valence-electron chi connectivity index (χ4n) is 2.05. The van der Waals surface area contributed by atoms with Crippen molar-refractivity contribution in [3.63, 3.8) is 0 Å². The summed E-state index contributed by atoms with van der Waals surface area (Å²) in [6.45, 7) is 0.839. The Morgan fingerprint density at radius 3 is 2.69 bits per heavy atom. The van der Waals surface area contributed by atoms with Gasteiger partial charge in [-0.1, -0.05) is 12.1 Å². The average molecular weight is 219 g/mol. The van der Waals surface area contributed by atoms with Crippen LogP contribution >= 0.6 is 0 Å². The van der Waals surface area contributed by atoms with Crippen LogP contribution in [0.4, 0.5) is 0 Å². The number of methoxy groups -OCH3 is 1. The van der Waals surface area contributed by atoms with Crippen molar-refractivity contribution in [1.82, 2.24) is 5.32 Å². The van der Waals surface area contributed by atoms with Crippen LogP contribution in [0.2, 0.25) is 0 Å². The molecule has 1 N–H and O–H groups in total. The van der Waals surface area contributed by atoms with Crippen LogP contribution in [0.1, 0.15) is 18.4 Å². The van der Waals surface area contributed by atoms with E-state index in [9.17, 15) is 4.79 Å². The first-order valence-electron chi connectivity index (χ1n) is 5.70. The van der Waals surface area contributed by atoms with E-state index < -0.39 is 0 Å². The molecule has 1 unspecified atom stereocenters. The minimum absolute atomic E-state index is 0.210. The van der Waals surface area contributed by atoms with E-state index in [0.29, 0.717) is 0 Å². The van der Waals surface area contributed by atoms with Gasteiger partial charge in [0, 0.05) is 12.5 Å². The van der Waals surface area contributed by atoms with Crippen LogP contribution in [0.25, 0.3) is 0 Å². The van der Waals surface area contributed by atoms with Crippen molar-refractivity contribution in [2.24, 2.45) is 5.92 Å². The van der Waals surface area contributed by atoms with Gasteiger partial charge in [0.2, 0.25) is 5.91 Å². The van der Waals surface area contributed by atoms with E-state index in [2.05, 4.69) is 17.4 Å². The third-order valence-electron chi connectivity index (χ3n) is 3.10. The molecule has 3 nitrogen and oxygen atoms in total. The standard InChI is InChI=1S/C13H17NO2/c1-16-12-6-3-10(4-7-12)2-5-11-8-9-14-13(11)15/h3-4,6-7,11H,2,5,8-9H2,1H3,(H,14,15). The molecule has 0 aliphatic carbocycles. The molecule has 2 rings (SSSR count). The Hall–Kier alpha value is -1.51. The van der Waals surface area contributed by atoms with Crippen molar-refractivity contribution in [3.05, 3.63) is 29.8 Å². The van der Waals surface area contributed by atoms with E-state index >= 15 is 0 Å². The van der Waals surface area contributed by atoms with Gasteiger partial charge in [-0.3, -0.25) is 4.79 Å². The number of benzene rings is 1. The van der Waals surface area contributed by atoms with Crippen molar-refractivity contribution in [1.29, 1.82) is 0 Å². The van der Waals surface area contributed by atoms with Crippen LogP contribution in [-0.2, 0) is 11.2 Å². The summed E-state index contributed by atoms with van der Waals surface area (Å²) in [6, 6.07) is 8.05. The van der Waals surface area contributed by atoms with E-state index in [1.165, 1.54) is 5.56 Å². The fourth-order valence-corrected chi connectivity index (χ4v) is 2.05. The first-order valence-corrected chi connectivity index (χ1v) is 5.70. The van der Waals surface area contributed by atoms with Crippen LogP contribution < -0.4 is 10.1 Å². The van der Waals surface area contributed by atoms with Crippen LogP contribution in [0, 0.1) is 5.92 Å². The lowest BCUT2D eigenvalue weighted by molar-refractivity contribution is -0.122. The van der Waals surface area contributed by atoms with Crippen LogP contribution in [0.15, 0.2) is 24.3 Å². The second kappa shape index (κ2) is 5.01. The first kappa shape index (κ1) is 11.0. The number of amides is 1. The summed E-state index contributed by atoms with van der Waals surface area (Å²) in [6.07, 6.45) is 2.88.